The molecule has 0 spiro atoms. The van der Waals surface area contributed by atoms with Crippen LogP contribution >= 0.6 is 24.0 Å². The van der Waals surface area contributed by atoms with Crippen molar-refractivity contribution in [1.82, 2.24) is 0 Å². The molecule has 0 fully saturated rings. The van der Waals surface area contributed by atoms with Gasteiger partial charge in [0.05, 0.1) is 12.8 Å². The summed E-state index contributed by atoms with van der Waals surface area (Å²) in [7, 11) is 1.64. The molecule has 0 atom stereocenters. The molecule has 1 rings (SSSR count). The van der Waals surface area contributed by atoms with Gasteiger partial charge in [-0.25, -0.2) is 0 Å². The molecule has 0 saturated carbocycles. The highest BCUT2D eigenvalue weighted by molar-refractivity contribution is 14.0. The number of nitrogens with one attached hydrogen (secondary N) is 1. The Morgan fingerprint density at radius 3 is 2.68 bits per heavy atom. The molecule has 5 heteroatoms. The second kappa shape index (κ2) is 9.89. The minimum atomic E-state index is 0. The van der Waals surface area contributed by atoms with Gasteiger partial charge in [0, 0.05) is 6.54 Å². The lowest BCUT2D eigenvalue weighted by Gasteiger charge is -2.10. The molecule has 0 aliphatic rings. The third-order valence-corrected chi connectivity index (χ3v) is 2.59. The maximum Gasteiger partial charge on any atom is 0.193 e. The number of ether oxygens (including phenoxy) is 1. The van der Waals surface area contributed by atoms with Crippen LogP contribution in [0.4, 0.5) is 5.69 Å². The number of benzene rings is 1. The summed E-state index contributed by atoms with van der Waals surface area (Å²) in [4.78, 5) is 4.29. The summed E-state index contributed by atoms with van der Waals surface area (Å²) in [5.41, 5.74) is 6.67. The Labute approximate surface area is 132 Å². The fraction of sp³-hybridized carbons (Fsp3) is 0.500. The molecular formula is C14H24IN3O. The average molecular weight is 377 g/mol. The van der Waals surface area contributed by atoms with Gasteiger partial charge in [0.2, 0.25) is 0 Å². The van der Waals surface area contributed by atoms with Crippen molar-refractivity contribution >= 4 is 35.6 Å². The predicted molar refractivity (Wildman–Crippen MR) is 92.6 cm³/mol. The van der Waals surface area contributed by atoms with Gasteiger partial charge < -0.3 is 15.8 Å². The summed E-state index contributed by atoms with van der Waals surface area (Å²) in [6.07, 6.45) is 2.23. The monoisotopic (exact) mass is 377 g/mol. The van der Waals surface area contributed by atoms with Crippen molar-refractivity contribution in [3.63, 3.8) is 0 Å². The molecule has 108 valence electrons. The van der Waals surface area contributed by atoms with Gasteiger partial charge in [-0.2, -0.15) is 0 Å². The second-order valence-electron chi connectivity index (χ2n) is 4.63. The molecule has 4 nitrogen and oxygen atoms in total. The van der Waals surface area contributed by atoms with Crippen molar-refractivity contribution in [3.8, 4) is 5.75 Å². The van der Waals surface area contributed by atoms with E-state index in [9.17, 15) is 0 Å². The first kappa shape index (κ1) is 18.0. The summed E-state index contributed by atoms with van der Waals surface area (Å²) in [6, 6.07) is 7.64. The van der Waals surface area contributed by atoms with E-state index in [0.29, 0.717) is 11.9 Å². The molecule has 0 amide bonds. The average Bonchev–Trinajstić information content (AvgIpc) is 2.35. The first-order valence-electron chi connectivity index (χ1n) is 6.33. The number of hydrogen-bond donors (Lipinski definition) is 2. The van der Waals surface area contributed by atoms with Crippen LogP contribution in [0, 0.1) is 5.92 Å². The Morgan fingerprint density at radius 2 is 2.05 bits per heavy atom. The van der Waals surface area contributed by atoms with E-state index in [1.54, 1.807) is 7.11 Å². The largest absolute Gasteiger partial charge is 0.495 e. The van der Waals surface area contributed by atoms with Crippen molar-refractivity contribution in [1.29, 1.82) is 0 Å². The van der Waals surface area contributed by atoms with E-state index < -0.39 is 0 Å². The van der Waals surface area contributed by atoms with E-state index in [4.69, 9.17) is 10.5 Å². The Bertz CT molecular complexity index is 394. The van der Waals surface area contributed by atoms with Gasteiger partial charge in [-0.15, -0.1) is 24.0 Å². The number of halogens is 1. The number of guanidine groups is 1. The summed E-state index contributed by atoms with van der Waals surface area (Å²) in [5.74, 6) is 1.91. The molecule has 0 aromatic heterocycles. The van der Waals surface area contributed by atoms with Crippen LogP contribution < -0.4 is 15.8 Å². The van der Waals surface area contributed by atoms with Crippen molar-refractivity contribution in [2.45, 2.75) is 26.7 Å². The van der Waals surface area contributed by atoms with Crippen LogP contribution in [0.1, 0.15) is 26.7 Å². The number of methoxy groups -OCH3 is 1. The van der Waals surface area contributed by atoms with E-state index in [2.05, 4.69) is 24.2 Å². The number of nitrogens with two attached hydrogens (primary N) is 1. The van der Waals surface area contributed by atoms with Gasteiger partial charge in [-0.05, 0) is 30.9 Å². The number of rotatable bonds is 6. The van der Waals surface area contributed by atoms with Gasteiger partial charge >= 0.3 is 0 Å². The van der Waals surface area contributed by atoms with Gasteiger partial charge in [0.1, 0.15) is 5.75 Å². The molecular weight excluding hydrogens is 353 g/mol. The number of anilines is 1. The van der Waals surface area contributed by atoms with Crippen molar-refractivity contribution < 1.29 is 4.74 Å². The topological polar surface area (TPSA) is 59.6 Å². The Hall–Kier alpha value is -0.980. The fourth-order valence-corrected chi connectivity index (χ4v) is 1.62. The number of hydrogen-bond acceptors (Lipinski definition) is 2. The molecule has 0 radical (unpaired) electrons. The Morgan fingerprint density at radius 1 is 1.37 bits per heavy atom. The molecule has 0 heterocycles. The molecule has 0 aliphatic carbocycles. The smallest absolute Gasteiger partial charge is 0.193 e. The Kier molecular flexibility index (Phi) is 9.38. The molecule has 0 aliphatic heterocycles. The number of aliphatic imine (C=N–C) groups is 1. The zero-order chi connectivity index (χ0) is 13.4. The van der Waals surface area contributed by atoms with Gasteiger partial charge in [-0.1, -0.05) is 26.0 Å². The van der Waals surface area contributed by atoms with Crippen LogP contribution in [-0.4, -0.2) is 19.6 Å². The third-order valence-electron chi connectivity index (χ3n) is 2.59. The fourth-order valence-electron chi connectivity index (χ4n) is 1.62. The minimum Gasteiger partial charge on any atom is -0.495 e. The highest BCUT2D eigenvalue weighted by Crippen LogP contribution is 2.22. The van der Waals surface area contributed by atoms with Crippen molar-refractivity contribution in [2.75, 3.05) is 19.0 Å². The zero-order valence-corrected chi connectivity index (χ0v) is 14.2. The SMILES string of the molecule is COc1ccccc1NC(N)=NCCCC(C)C.I. The maximum atomic E-state index is 5.83. The van der Waals surface area contributed by atoms with Gasteiger partial charge in [0.15, 0.2) is 5.96 Å². The highest BCUT2D eigenvalue weighted by Gasteiger charge is 2.01. The second-order valence-corrected chi connectivity index (χ2v) is 4.63. The summed E-state index contributed by atoms with van der Waals surface area (Å²) < 4.78 is 5.23. The van der Waals surface area contributed by atoms with Crippen LogP contribution in [-0.2, 0) is 0 Å². The van der Waals surface area contributed by atoms with Crippen molar-refractivity contribution in [3.05, 3.63) is 24.3 Å². The quantitative estimate of drug-likeness (QED) is 0.345. The third kappa shape index (κ3) is 7.25. The zero-order valence-electron chi connectivity index (χ0n) is 11.8. The van der Waals surface area contributed by atoms with Crippen LogP contribution in [0.5, 0.6) is 5.75 Å². The molecule has 1 aromatic rings. The number of para-hydroxylation sites is 2. The van der Waals surface area contributed by atoms with Crippen LogP contribution in [0.2, 0.25) is 0 Å². The van der Waals surface area contributed by atoms with E-state index >= 15 is 0 Å². The predicted octanol–water partition coefficient (Wildman–Crippen LogP) is 3.48. The van der Waals surface area contributed by atoms with Crippen LogP contribution in [0.25, 0.3) is 0 Å². The van der Waals surface area contributed by atoms with E-state index in [1.165, 1.54) is 6.42 Å². The first-order chi connectivity index (χ1) is 8.63. The minimum absolute atomic E-state index is 0. The lowest BCUT2D eigenvalue weighted by molar-refractivity contribution is 0.417. The molecule has 1 aromatic carbocycles. The maximum absolute atomic E-state index is 5.83. The molecule has 0 unspecified atom stereocenters. The molecule has 19 heavy (non-hydrogen) atoms. The van der Waals surface area contributed by atoms with Crippen LogP contribution in [0.3, 0.4) is 0 Å². The van der Waals surface area contributed by atoms with Crippen molar-refractivity contribution in [2.24, 2.45) is 16.6 Å². The van der Waals surface area contributed by atoms with Gasteiger partial charge in [0.25, 0.3) is 0 Å². The number of nitrogens with zero attached hydrogens (tertiary/aromatic N) is 1. The summed E-state index contributed by atoms with van der Waals surface area (Å²) in [6.45, 7) is 5.17. The van der Waals surface area contributed by atoms with Crippen LogP contribution in [0.15, 0.2) is 29.3 Å². The standard InChI is InChI=1S/C14H23N3O.HI/c1-11(2)7-6-10-16-14(15)17-12-8-4-5-9-13(12)18-3;/h4-5,8-9,11H,6-7,10H2,1-3H3,(H3,15,16,17);1H. The molecule has 3 N–H and O–H groups in total. The lowest BCUT2D eigenvalue weighted by Crippen LogP contribution is -2.23. The molecule has 0 saturated heterocycles. The lowest BCUT2D eigenvalue weighted by atomic mass is 10.1. The molecule has 0 bridgehead atoms. The van der Waals surface area contributed by atoms with Gasteiger partial charge in [-0.3, -0.25) is 4.99 Å². The van der Waals surface area contributed by atoms with E-state index in [-0.39, 0.29) is 24.0 Å². The van der Waals surface area contributed by atoms with E-state index in [0.717, 1.165) is 24.4 Å². The first-order valence-corrected chi connectivity index (χ1v) is 6.33. The summed E-state index contributed by atoms with van der Waals surface area (Å²) in [5, 5.41) is 3.05. The summed E-state index contributed by atoms with van der Waals surface area (Å²) >= 11 is 0. The van der Waals surface area contributed by atoms with E-state index in [1.807, 2.05) is 24.3 Å². The normalized spacial score (nSPS) is 11.1. The Balaban J connectivity index is 0.00000324. The highest BCUT2D eigenvalue weighted by atomic mass is 127.